The fraction of sp³-hybridized carbons (Fsp3) is 0.857. The lowest BCUT2D eigenvalue weighted by atomic mass is 10.1. The third-order valence-electron chi connectivity index (χ3n) is 3.72. The fourth-order valence-corrected chi connectivity index (χ4v) is 2.69. The highest BCUT2D eigenvalue weighted by Crippen LogP contribution is 2.20. The highest BCUT2D eigenvalue weighted by molar-refractivity contribution is 5.76. The van der Waals surface area contributed by atoms with E-state index in [0.29, 0.717) is 0 Å². The smallest absolute Gasteiger partial charge is 0.302 e. The van der Waals surface area contributed by atoms with Gasteiger partial charge < -0.3 is 14.2 Å². The largest absolute Gasteiger partial charge is 0.484 e. The Morgan fingerprint density at radius 3 is 2.85 bits per heavy atom. The van der Waals surface area contributed by atoms with E-state index in [-0.39, 0.29) is 18.1 Å². The van der Waals surface area contributed by atoms with Gasteiger partial charge >= 0.3 is 5.97 Å². The van der Waals surface area contributed by atoms with Gasteiger partial charge in [-0.1, -0.05) is 0 Å². The van der Waals surface area contributed by atoms with E-state index in [4.69, 9.17) is 14.2 Å². The average molecular weight is 284 g/mol. The third kappa shape index (κ3) is 4.45. The molecule has 0 aromatic rings. The number of carbonyl (C=O) groups excluding carboxylic acids is 1. The van der Waals surface area contributed by atoms with Gasteiger partial charge in [0.15, 0.2) is 5.90 Å². The molecule has 0 spiro atoms. The summed E-state index contributed by atoms with van der Waals surface area (Å²) in [4.78, 5) is 18.2. The van der Waals surface area contributed by atoms with E-state index in [1.807, 2.05) is 0 Å². The maximum absolute atomic E-state index is 11.3. The quantitative estimate of drug-likeness (QED) is 0.719. The average Bonchev–Trinajstić information content (AvgIpc) is 2.62. The number of nitrogens with zero attached hydrogens (tertiary/aromatic N) is 2. The van der Waals surface area contributed by atoms with E-state index in [1.165, 1.54) is 6.92 Å². The molecule has 114 valence electrons. The number of ether oxygens (including phenoxy) is 3. The Hall–Kier alpha value is -1.14. The first-order chi connectivity index (χ1) is 9.69. The van der Waals surface area contributed by atoms with Crippen molar-refractivity contribution < 1.29 is 19.0 Å². The number of aliphatic imine (C=N–C) groups is 1. The van der Waals surface area contributed by atoms with Gasteiger partial charge in [-0.25, -0.2) is 4.99 Å². The normalized spacial score (nSPS) is 28.4. The first kappa shape index (κ1) is 15.3. The molecule has 0 aromatic carbocycles. The Morgan fingerprint density at radius 1 is 1.45 bits per heavy atom. The number of carbonyl (C=O) groups is 1. The first-order valence-corrected chi connectivity index (χ1v) is 7.27. The van der Waals surface area contributed by atoms with Gasteiger partial charge in [0, 0.05) is 33.0 Å². The molecule has 2 aliphatic heterocycles. The topological polar surface area (TPSA) is 60.4 Å². The summed E-state index contributed by atoms with van der Waals surface area (Å²) in [5, 5.41) is 0. The maximum atomic E-state index is 11.3. The molecule has 6 heteroatoms. The van der Waals surface area contributed by atoms with E-state index in [1.54, 1.807) is 7.11 Å². The number of hydrogen-bond donors (Lipinski definition) is 0. The highest BCUT2D eigenvalue weighted by atomic mass is 16.5. The Labute approximate surface area is 120 Å². The van der Waals surface area contributed by atoms with Crippen molar-refractivity contribution in [1.82, 2.24) is 4.90 Å². The van der Waals surface area contributed by atoms with Crippen molar-refractivity contribution in [3.05, 3.63) is 0 Å². The molecule has 2 heterocycles. The molecule has 0 amide bonds. The predicted octanol–water partition coefficient (Wildman–Crippen LogP) is 0.848. The lowest BCUT2D eigenvalue weighted by molar-refractivity contribution is -0.148. The molecule has 6 nitrogen and oxygen atoms in total. The van der Waals surface area contributed by atoms with Crippen molar-refractivity contribution in [1.29, 1.82) is 0 Å². The van der Waals surface area contributed by atoms with Crippen molar-refractivity contribution in [3.8, 4) is 0 Å². The molecule has 2 rings (SSSR count). The monoisotopic (exact) mass is 284 g/mol. The second-order valence-corrected chi connectivity index (χ2v) is 5.25. The van der Waals surface area contributed by atoms with Crippen LogP contribution in [0.4, 0.5) is 0 Å². The molecule has 2 aliphatic rings. The molecule has 0 radical (unpaired) electrons. The van der Waals surface area contributed by atoms with Crippen molar-refractivity contribution in [2.24, 2.45) is 4.99 Å². The van der Waals surface area contributed by atoms with Crippen molar-refractivity contribution >= 4 is 11.9 Å². The van der Waals surface area contributed by atoms with E-state index < -0.39 is 0 Å². The number of morpholine rings is 1. The molecule has 0 saturated carbocycles. The van der Waals surface area contributed by atoms with Crippen LogP contribution in [0.25, 0.3) is 0 Å². The Morgan fingerprint density at radius 2 is 2.20 bits per heavy atom. The molecule has 2 unspecified atom stereocenters. The molecule has 2 atom stereocenters. The zero-order chi connectivity index (χ0) is 14.4. The summed E-state index contributed by atoms with van der Waals surface area (Å²) >= 11 is 0. The second kappa shape index (κ2) is 7.59. The summed E-state index contributed by atoms with van der Waals surface area (Å²) in [7, 11) is 1.65. The van der Waals surface area contributed by atoms with E-state index in [2.05, 4.69) is 9.89 Å². The summed E-state index contributed by atoms with van der Waals surface area (Å²) in [5.74, 6) is 0.524. The van der Waals surface area contributed by atoms with Crippen LogP contribution < -0.4 is 0 Å². The summed E-state index contributed by atoms with van der Waals surface area (Å²) < 4.78 is 16.1. The van der Waals surface area contributed by atoms with E-state index in [9.17, 15) is 4.79 Å². The zero-order valence-corrected chi connectivity index (χ0v) is 12.3. The Balaban J connectivity index is 2.04. The first-order valence-electron chi connectivity index (χ1n) is 7.27. The van der Waals surface area contributed by atoms with Crippen molar-refractivity contribution in [3.63, 3.8) is 0 Å². The molecule has 20 heavy (non-hydrogen) atoms. The van der Waals surface area contributed by atoms with Crippen LogP contribution >= 0.6 is 0 Å². The standard InChI is InChI=1S/C14H24N2O4/c1-11(17)20-13-4-3-5-14(18-2)15-12(13)10-16-6-8-19-9-7-16/h12-13H,3-10H2,1-2H3. The Kier molecular flexibility index (Phi) is 5.79. The van der Waals surface area contributed by atoms with Crippen LogP contribution in [0, 0.1) is 0 Å². The molecule has 1 fully saturated rings. The van der Waals surface area contributed by atoms with Gasteiger partial charge in [-0.15, -0.1) is 0 Å². The van der Waals surface area contributed by atoms with Gasteiger partial charge in [0.2, 0.25) is 0 Å². The van der Waals surface area contributed by atoms with Crippen LogP contribution in [0.3, 0.4) is 0 Å². The van der Waals surface area contributed by atoms with Crippen LogP contribution in [0.2, 0.25) is 0 Å². The minimum atomic E-state index is -0.238. The van der Waals surface area contributed by atoms with Gasteiger partial charge in [0.1, 0.15) is 12.1 Å². The van der Waals surface area contributed by atoms with E-state index >= 15 is 0 Å². The van der Waals surface area contributed by atoms with Gasteiger partial charge in [-0.05, 0) is 12.8 Å². The van der Waals surface area contributed by atoms with Crippen molar-refractivity contribution in [2.75, 3.05) is 40.0 Å². The van der Waals surface area contributed by atoms with E-state index in [0.717, 1.165) is 58.0 Å². The molecular weight excluding hydrogens is 260 g/mol. The molecule has 0 bridgehead atoms. The second-order valence-electron chi connectivity index (χ2n) is 5.25. The molecular formula is C14H24N2O4. The van der Waals surface area contributed by atoms with Crippen LogP contribution in [0.15, 0.2) is 4.99 Å². The van der Waals surface area contributed by atoms with Gasteiger partial charge in [0.05, 0.1) is 20.3 Å². The number of esters is 1. The Bertz CT molecular complexity index is 353. The SMILES string of the molecule is COC1=NC(CN2CCOCC2)C(OC(C)=O)CCC1. The zero-order valence-electron chi connectivity index (χ0n) is 12.3. The minimum absolute atomic E-state index is 0.0468. The van der Waals surface area contributed by atoms with Crippen molar-refractivity contribution in [2.45, 2.75) is 38.3 Å². The number of methoxy groups -OCH3 is 1. The molecule has 0 aromatic heterocycles. The highest BCUT2D eigenvalue weighted by Gasteiger charge is 2.29. The van der Waals surface area contributed by atoms with Gasteiger partial charge in [-0.3, -0.25) is 9.69 Å². The predicted molar refractivity (Wildman–Crippen MR) is 74.9 cm³/mol. The van der Waals surface area contributed by atoms with Gasteiger partial charge in [-0.2, -0.15) is 0 Å². The molecule has 1 saturated heterocycles. The lowest BCUT2D eigenvalue weighted by Gasteiger charge is -2.31. The van der Waals surface area contributed by atoms with Crippen LogP contribution in [-0.4, -0.2) is 68.9 Å². The van der Waals surface area contributed by atoms with Crippen LogP contribution in [-0.2, 0) is 19.0 Å². The summed E-state index contributed by atoms with van der Waals surface area (Å²) in [6.45, 7) is 5.56. The van der Waals surface area contributed by atoms with Crippen LogP contribution in [0.5, 0.6) is 0 Å². The third-order valence-corrected chi connectivity index (χ3v) is 3.72. The lowest BCUT2D eigenvalue weighted by Crippen LogP contribution is -2.44. The van der Waals surface area contributed by atoms with Gasteiger partial charge in [0.25, 0.3) is 0 Å². The summed E-state index contributed by atoms with van der Waals surface area (Å²) in [6, 6.07) is -0.0468. The molecule has 0 N–H and O–H groups in total. The maximum Gasteiger partial charge on any atom is 0.302 e. The fourth-order valence-electron chi connectivity index (χ4n) is 2.69. The van der Waals surface area contributed by atoms with Crippen LogP contribution in [0.1, 0.15) is 26.2 Å². The molecule has 0 aliphatic carbocycles. The number of hydrogen-bond acceptors (Lipinski definition) is 6. The number of rotatable bonds is 3. The summed E-state index contributed by atoms with van der Waals surface area (Å²) in [6.07, 6.45) is 2.44. The summed E-state index contributed by atoms with van der Waals surface area (Å²) in [5.41, 5.74) is 0. The minimum Gasteiger partial charge on any atom is -0.484 e.